The first-order valence-corrected chi connectivity index (χ1v) is 6.23. The number of amides is 2. The van der Waals surface area contributed by atoms with Crippen LogP contribution in [0, 0.1) is 0 Å². The number of nitrogens with zero attached hydrogens (tertiary/aromatic N) is 1. The van der Waals surface area contributed by atoms with Crippen molar-refractivity contribution in [3.8, 4) is 0 Å². The molecule has 94 valence electrons. The van der Waals surface area contributed by atoms with Crippen molar-refractivity contribution < 1.29 is 9.59 Å². The number of carbonyl (C=O) groups excluding carboxylic acids is 2. The fourth-order valence-corrected chi connectivity index (χ4v) is 1.43. The lowest BCUT2D eigenvalue weighted by molar-refractivity contribution is -0.145. The minimum Gasteiger partial charge on any atom is -0.273 e. The second kappa shape index (κ2) is 9.33. The summed E-state index contributed by atoms with van der Waals surface area (Å²) in [5, 5.41) is 0.797. The van der Waals surface area contributed by atoms with E-state index in [9.17, 15) is 9.59 Å². The summed E-state index contributed by atoms with van der Waals surface area (Å²) in [4.78, 5) is 22.9. The summed E-state index contributed by atoms with van der Waals surface area (Å²) < 4.78 is 0. The van der Waals surface area contributed by atoms with Crippen LogP contribution < -0.4 is 5.84 Å². The molecule has 0 aromatic heterocycles. The van der Waals surface area contributed by atoms with Gasteiger partial charge in [0.05, 0.1) is 0 Å². The van der Waals surface area contributed by atoms with Crippen LogP contribution in [0.5, 0.6) is 0 Å². The van der Waals surface area contributed by atoms with Gasteiger partial charge in [0.2, 0.25) is 11.8 Å². The minimum atomic E-state index is -0.255. The SMILES string of the molecule is CCCCCC(=O)N(N)C(=O)CCCCC. The number of hydrogen-bond acceptors (Lipinski definition) is 3. The average Bonchev–Trinajstić information content (AvgIpc) is 2.28. The molecule has 0 saturated carbocycles. The first-order chi connectivity index (χ1) is 7.63. The maximum Gasteiger partial charge on any atom is 0.243 e. The zero-order valence-corrected chi connectivity index (χ0v) is 10.5. The third-order valence-corrected chi connectivity index (χ3v) is 2.53. The van der Waals surface area contributed by atoms with Crippen molar-refractivity contribution in [1.82, 2.24) is 5.01 Å². The fourth-order valence-electron chi connectivity index (χ4n) is 1.43. The van der Waals surface area contributed by atoms with Crippen LogP contribution in [0.3, 0.4) is 0 Å². The summed E-state index contributed by atoms with van der Waals surface area (Å²) in [7, 11) is 0. The second-order valence-electron chi connectivity index (χ2n) is 4.07. The van der Waals surface area contributed by atoms with Gasteiger partial charge in [-0.2, -0.15) is 0 Å². The Labute approximate surface area is 98.1 Å². The number of rotatable bonds is 8. The molecule has 4 heteroatoms. The van der Waals surface area contributed by atoms with Crippen LogP contribution >= 0.6 is 0 Å². The summed E-state index contributed by atoms with van der Waals surface area (Å²) in [6, 6.07) is 0. The van der Waals surface area contributed by atoms with Crippen LogP contribution in [0.25, 0.3) is 0 Å². The molecule has 0 spiro atoms. The van der Waals surface area contributed by atoms with E-state index in [0.29, 0.717) is 12.8 Å². The largest absolute Gasteiger partial charge is 0.273 e. The highest BCUT2D eigenvalue weighted by Crippen LogP contribution is 2.04. The van der Waals surface area contributed by atoms with E-state index in [1.165, 1.54) is 0 Å². The number of unbranched alkanes of at least 4 members (excludes halogenated alkanes) is 4. The lowest BCUT2D eigenvalue weighted by Gasteiger charge is -2.14. The zero-order valence-electron chi connectivity index (χ0n) is 10.5. The molecule has 0 fully saturated rings. The van der Waals surface area contributed by atoms with Crippen molar-refractivity contribution in [2.75, 3.05) is 0 Å². The van der Waals surface area contributed by atoms with E-state index in [1.807, 2.05) is 0 Å². The second-order valence-corrected chi connectivity index (χ2v) is 4.07. The number of hydrogen-bond donors (Lipinski definition) is 1. The summed E-state index contributed by atoms with van der Waals surface area (Å²) in [6.45, 7) is 4.14. The Hall–Kier alpha value is -0.900. The van der Waals surface area contributed by atoms with Gasteiger partial charge in [0.15, 0.2) is 0 Å². The number of hydrazine groups is 1. The van der Waals surface area contributed by atoms with Crippen molar-refractivity contribution >= 4 is 11.8 Å². The monoisotopic (exact) mass is 228 g/mol. The smallest absolute Gasteiger partial charge is 0.243 e. The van der Waals surface area contributed by atoms with Gasteiger partial charge in [-0.25, -0.2) is 10.9 Å². The molecule has 16 heavy (non-hydrogen) atoms. The molecular formula is C12H24N2O2. The van der Waals surface area contributed by atoms with Crippen LogP contribution in [0.2, 0.25) is 0 Å². The van der Waals surface area contributed by atoms with E-state index in [0.717, 1.165) is 43.5 Å². The van der Waals surface area contributed by atoms with Crippen molar-refractivity contribution in [2.24, 2.45) is 5.84 Å². The van der Waals surface area contributed by atoms with Gasteiger partial charge < -0.3 is 0 Å². The van der Waals surface area contributed by atoms with Crippen molar-refractivity contribution in [1.29, 1.82) is 0 Å². The zero-order chi connectivity index (χ0) is 12.4. The normalized spacial score (nSPS) is 10.2. The first kappa shape index (κ1) is 15.1. The standard InChI is InChI=1S/C12H24N2O2/c1-3-5-7-9-11(15)14(13)12(16)10-8-6-4-2/h3-10,13H2,1-2H3. The molecule has 0 rings (SSSR count). The highest BCUT2D eigenvalue weighted by molar-refractivity contribution is 5.94. The maximum absolute atomic E-state index is 11.5. The molecule has 0 radical (unpaired) electrons. The molecule has 0 heterocycles. The quantitative estimate of drug-likeness (QED) is 0.300. The topological polar surface area (TPSA) is 63.4 Å². The highest BCUT2D eigenvalue weighted by atomic mass is 16.2. The van der Waals surface area contributed by atoms with Gasteiger partial charge in [0, 0.05) is 12.8 Å². The summed E-state index contributed by atoms with van der Waals surface area (Å²) in [5.41, 5.74) is 0. The molecule has 2 amide bonds. The maximum atomic E-state index is 11.5. The van der Waals surface area contributed by atoms with E-state index in [2.05, 4.69) is 13.8 Å². The molecule has 0 aliphatic rings. The Kier molecular flexibility index (Phi) is 8.81. The predicted molar refractivity (Wildman–Crippen MR) is 64.3 cm³/mol. The number of nitrogens with two attached hydrogens (primary N) is 1. The third-order valence-electron chi connectivity index (χ3n) is 2.53. The van der Waals surface area contributed by atoms with E-state index in [1.54, 1.807) is 0 Å². The number of imide groups is 1. The van der Waals surface area contributed by atoms with E-state index in [-0.39, 0.29) is 11.8 Å². The molecule has 0 atom stereocenters. The lowest BCUT2D eigenvalue weighted by atomic mass is 10.1. The Balaban J connectivity index is 3.78. The van der Waals surface area contributed by atoms with Gasteiger partial charge in [0.25, 0.3) is 0 Å². The number of carbonyl (C=O) groups is 2. The molecule has 4 nitrogen and oxygen atoms in total. The summed E-state index contributed by atoms with van der Waals surface area (Å²) in [5.74, 6) is 4.95. The molecule has 0 aromatic rings. The fraction of sp³-hybridized carbons (Fsp3) is 0.833. The predicted octanol–water partition coefficient (Wildman–Crippen LogP) is 2.38. The van der Waals surface area contributed by atoms with Crippen LogP contribution in [-0.2, 0) is 9.59 Å². The van der Waals surface area contributed by atoms with Crippen LogP contribution in [0.15, 0.2) is 0 Å². The summed E-state index contributed by atoms with van der Waals surface area (Å²) in [6.07, 6.45) is 6.50. The van der Waals surface area contributed by atoms with E-state index < -0.39 is 0 Å². The Bertz CT molecular complexity index is 195. The molecule has 0 saturated heterocycles. The van der Waals surface area contributed by atoms with Gasteiger partial charge in [0.1, 0.15) is 0 Å². The van der Waals surface area contributed by atoms with Crippen LogP contribution in [-0.4, -0.2) is 16.8 Å². The van der Waals surface area contributed by atoms with Crippen molar-refractivity contribution in [2.45, 2.75) is 65.2 Å². The van der Waals surface area contributed by atoms with Gasteiger partial charge in [-0.05, 0) is 12.8 Å². The molecule has 0 aromatic carbocycles. The van der Waals surface area contributed by atoms with Crippen LogP contribution in [0.4, 0.5) is 0 Å². The summed E-state index contributed by atoms with van der Waals surface area (Å²) >= 11 is 0. The minimum absolute atomic E-state index is 0.255. The Morgan fingerprint density at radius 3 is 1.56 bits per heavy atom. The molecule has 0 unspecified atom stereocenters. The van der Waals surface area contributed by atoms with E-state index >= 15 is 0 Å². The van der Waals surface area contributed by atoms with Crippen molar-refractivity contribution in [3.63, 3.8) is 0 Å². The molecule has 0 aliphatic carbocycles. The third kappa shape index (κ3) is 6.56. The highest BCUT2D eigenvalue weighted by Gasteiger charge is 2.16. The molecular weight excluding hydrogens is 204 g/mol. The van der Waals surface area contributed by atoms with Gasteiger partial charge in [-0.1, -0.05) is 39.5 Å². The Morgan fingerprint density at radius 1 is 0.875 bits per heavy atom. The average molecular weight is 228 g/mol. The first-order valence-electron chi connectivity index (χ1n) is 6.23. The van der Waals surface area contributed by atoms with E-state index in [4.69, 9.17) is 5.84 Å². The molecule has 0 bridgehead atoms. The van der Waals surface area contributed by atoms with Gasteiger partial charge in [-0.15, -0.1) is 0 Å². The lowest BCUT2D eigenvalue weighted by Crippen LogP contribution is -2.42. The van der Waals surface area contributed by atoms with Crippen molar-refractivity contribution in [3.05, 3.63) is 0 Å². The Morgan fingerprint density at radius 2 is 1.25 bits per heavy atom. The molecule has 0 aliphatic heterocycles. The van der Waals surface area contributed by atoms with Gasteiger partial charge in [-0.3, -0.25) is 9.59 Å². The molecule has 2 N–H and O–H groups in total. The van der Waals surface area contributed by atoms with Gasteiger partial charge >= 0.3 is 0 Å². The van der Waals surface area contributed by atoms with Crippen LogP contribution in [0.1, 0.15) is 65.2 Å².